The van der Waals surface area contributed by atoms with E-state index in [1.54, 1.807) is 17.4 Å². The van der Waals surface area contributed by atoms with Crippen molar-refractivity contribution in [3.63, 3.8) is 0 Å². The topological polar surface area (TPSA) is 24.9 Å². The number of halogens is 1. The van der Waals surface area contributed by atoms with Crippen LogP contribution in [0.25, 0.3) is 10.6 Å². The average molecular weight is 278 g/mol. The molecule has 102 valence electrons. The lowest BCUT2D eigenvalue weighted by Gasteiger charge is -2.01. The van der Waals surface area contributed by atoms with E-state index < -0.39 is 0 Å². The smallest absolute Gasteiger partial charge is 0.124 e. The molecule has 1 aromatic heterocycles. The van der Waals surface area contributed by atoms with Crippen molar-refractivity contribution in [1.29, 1.82) is 0 Å². The Labute approximate surface area is 117 Å². The van der Waals surface area contributed by atoms with Crippen molar-refractivity contribution in [1.82, 2.24) is 10.3 Å². The van der Waals surface area contributed by atoms with Gasteiger partial charge in [0.15, 0.2) is 0 Å². The Hall–Kier alpha value is -1.26. The molecule has 0 fully saturated rings. The Balaban J connectivity index is 2.36. The molecule has 0 saturated carbocycles. The molecule has 0 aliphatic carbocycles. The normalized spacial score (nSPS) is 10.9. The summed E-state index contributed by atoms with van der Waals surface area (Å²) in [5.41, 5.74) is 3.11. The largest absolute Gasteiger partial charge is 0.312 e. The number of nitrogens with zero attached hydrogens (tertiary/aromatic N) is 1. The summed E-state index contributed by atoms with van der Waals surface area (Å²) in [6.45, 7) is 7.95. The first-order valence-corrected chi connectivity index (χ1v) is 7.43. The van der Waals surface area contributed by atoms with Crippen LogP contribution in [0.3, 0.4) is 0 Å². The van der Waals surface area contributed by atoms with Crippen LogP contribution in [0.5, 0.6) is 0 Å². The molecule has 0 spiro atoms. The van der Waals surface area contributed by atoms with Gasteiger partial charge in [-0.2, -0.15) is 0 Å². The third-order valence-corrected chi connectivity index (χ3v) is 4.20. The summed E-state index contributed by atoms with van der Waals surface area (Å²) >= 11 is 1.70. The highest BCUT2D eigenvalue weighted by molar-refractivity contribution is 7.15. The van der Waals surface area contributed by atoms with Crippen LogP contribution >= 0.6 is 11.3 Å². The summed E-state index contributed by atoms with van der Waals surface area (Å²) in [5, 5.41) is 4.33. The van der Waals surface area contributed by atoms with Crippen LogP contribution in [0.15, 0.2) is 18.2 Å². The maximum atomic E-state index is 13.2. The lowest BCUT2D eigenvalue weighted by Crippen LogP contribution is -2.11. The van der Waals surface area contributed by atoms with Crippen LogP contribution in [0.4, 0.5) is 4.39 Å². The minimum Gasteiger partial charge on any atom is -0.312 e. The van der Waals surface area contributed by atoms with E-state index in [9.17, 15) is 4.39 Å². The SMILES string of the molecule is CCNCc1sc(-c2ccc(F)cc2C)nc1CC. The highest BCUT2D eigenvalue weighted by Crippen LogP contribution is 2.31. The zero-order valence-corrected chi connectivity index (χ0v) is 12.4. The van der Waals surface area contributed by atoms with Crippen molar-refractivity contribution >= 4 is 11.3 Å². The van der Waals surface area contributed by atoms with Gasteiger partial charge in [-0.1, -0.05) is 13.8 Å². The molecule has 1 heterocycles. The predicted molar refractivity (Wildman–Crippen MR) is 79.0 cm³/mol. The zero-order valence-electron chi connectivity index (χ0n) is 11.6. The van der Waals surface area contributed by atoms with Gasteiger partial charge in [-0.3, -0.25) is 0 Å². The number of aromatic nitrogens is 1. The molecule has 4 heteroatoms. The summed E-state index contributed by atoms with van der Waals surface area (Å²) in [6, 6.07) is 4.88. The fourth-order valence-corrected chi connectivity index (χ4v) is 3.23. The first-order chi connectivity index (χ1) is 9.15. The molecule has 0 amide bonds. The van der Waals surface area contributed by atoms with Crippen molar-refractivity contribution in [3.05, 3.63) is 40.2 Å². The third kappa shape index (κ3) is 3.19. The highest BCUT2D eigenvalue weighted by Gasteiger charge is 2.12. The second kappa shape index (κ2) is 6.26. The highest BCUT2D eigenvalue weighted by atomic mass is 32.1. The second-order valence-electron chi connectivity index (χ2n) is 4.48. The number of hydrogen-bond donors (Lipinski definition) is 1. The van der Waals surface area contributed by atoms with Gasteiger partial charge >= 0.3 is 0 Å². The molecule has 0 radical (unpaired) electrons. The standard InChI is InChI=1S/C15H19FN2S/c1-4-13-14(9-17-5-2)19-15(18-13)12-7-6-11(16)8-10(12)3/h6-8,17H,4-5,9H2,1-3H3. The summed E-state index contributed by atoms with van der Waals surface area (Å²) in [5.74, 6) is -0.193. The lowest BCUT2D eigenvalue weighted by atomic mass is 10.1. The van der Waals surface area contributed by atoms with Gasteiger partial charge in [0.25, 0.3) is 0 Å². The first kappa shape index (κ1) is 14.2. The zero-order chi connectivity index (χ0) is 13.8. The summed E-state index contributed by atoms with van der Waals surface area (Å²) in [7, 11) is 0. The fourth-order valence-electron chi connectivity index (χ4n) is 2.02. The maximum Gasteiger partial charge on any atom is 0.124 e. The van der Waals surface area contributed by atoms with E-state index in [0.29, 0.717) is 0 Å². The van der Waals surface area contributed by atoms with E-state index in [1.165, 1.54) is 10.9 Å². The second-order valence-corrected chi connectivity index (χ2v) is 5.57. The van der Waals surface area contributed by atoms with Crippen LogP contribution in [-0.2, 0) is 13.0 Å². The first-order valence-electron chi connectivity index (χ1n) is 6.61. The van der Waals surface area contributed by atoms with Crippen molar-refractivity contribution in [2.75, 3.05) is 6.54 Å². The maximum absolute atomic E-state index is 13.2. The lowest BCUT2D eigenvalue weighted by molar-refractivity contribution is 0.627. The van der Waals surface area contributed by atoms with E-state index in [4.69, 9.17) is 4.98 Å². The number of thiazole rings is 1. The van der Waals surface area contributed by atoms with Gasteiger partial charge in [0.2, 0.25) is 0 Å². The van der Waals surface area contributed by atoms with E-state index in [1.807, 2.05) is 13.0 Å². The van der Waals surface area contributed by atoms with E-state index >= 15 is 0 Å². The molecule has 2 aromatic rings. The van der Waals surface area contributed by atoms with Crippen molar-refractivity contribution < 1.29 is 4.39 Å². The van der Waals surface area contributed by atoms with Gasteiger partial charge in [-0.15, -0.1) is 11.3 Å². The molecule has 1 N–H and O–H groups in total. The number of benzene rings is 1. The Morgan fingerprint density at radius 1 is 1.32 bits per heavy atom. The molecular formula is C15H19FN2S. The summed E-state index contributed by atoms with van der Waals surface area (Å²) in [4.78, 5) is 5.98. The van der Waals surface area contributed by atoms with Crippen molar-refractivity contribution in [2.24, 2.45) is 0 Å². The van der Waals surface area contributed by atoms with E-state index in [0.717, 1.165) is 41.3 Å². The molecule has 0 bridgehead atoms. The molecule has 2 nitrogen and oxygen atoms in total. The van der Waals surface area contributed by atoms with Crippen molar-refractivity contribution in [3.8, 4) is 10.6 Å². The van der Waals surface area contributed by atoms with Crippen LogP contribution in [0, 0.1) is 12.7 Å². The Bertz CT molecular complexity index is 563. The Morgan fingerprint density at radius 2 is 2.11 bits per heavy atom. The van der Waals surface area contributed by atoms with Gasteiger partial charge in [0, 0.05) is 17.0 Å². The number of rotatable bonds is 5. The number of nitrogens with one attached hydrogen (secondary N) is 1. The molecular weight excluding hydrogens is 259 g/mol. The summed E-state index contributed by atoms with van der Waals surface area (Å²) in [6.07, 6.45) is 0.928. The quantitative estimate of drug-likeness (QED) is 0.896. The van der Waals surface area contributed by atoms with Crippen molar-refractivity contribution in [2.45, 2.75) is 33.7 Å². The van der Waals surface area contributed by atoms with Crippen LogP contribution in [0.2, 0.25) is 0 Å². The molecule has 19 heavy (non-hydrogen) atoms. The monoisotopic (exact) mass is 278 g/mol. The minimum absolute atomic E-state index is 0.193. The molecule has 0 saturated heterocycles. The van der Waals surface area contributed by atoms with E-state index in [-0.39, 0.29) is 5.82 Å². The predicted octanol–water partition coefficient (Wildman–Crippen LogP) is 3.93. The molecule has 2 rings (SSSR count). The van der Waals surface area contributed by atoms with Gasteiger partial charge in [-0.25, -0.2) is 9.37 Å². The molecule has 0 unspecified atom stereocenters. The van der Waals surface area contributed by atoms with E-state index in [2.05, 4.69) is 19.2 Å². The molecule has 1 aromatic carbocycles. The van der Waals surface area contributed by atoms with Crippen LogP contribution < -0.4 is 5.32 Å². The Morgan fingerprint density at radius 3 is 2.74 bits per heavy atom. The fraction of sp³-hybridized carbons (Fsp3) is 0.400. The third-order valence-electron chi connectivity index (χ3n) is 3.07. The molecule has 0 aliphatic rings. The number of hydrogen-bond acceptors (Lipinski definition) is 3. The van der Waals surface area contributed by atoms with Gasteiger partial charge in [0.1, 0.15) is 10.8 Å². The van der Waals surface area contributed by atoms with Gasteiger partial charge in [-0.05, 0) is 43.7 Å². The molecule has 0 atom stereocenters. The van der Waals surface area contributed by atoms with Crippen LogP contribution in [-0.4, -0.2) is 11.5 Å². The van der Waals surface area contributed by atoms with Crippen LogP contribution in [0.1, 0.15) is 30.0 Å². The number of aryl methyl sites for hydroxylation is 2. The minimum atomic E-state index is -0.193. The summed E-state index contributed by atoms with van der Waals surface area (Å²) < 4.78 is 13.2. The molecule has 0 aliphatic heterocycles. The van der Waals surface area contributed by atoms with Gasteiger partial charge < -0.3 is 5.32 Å². The average Bonchev–Trinajstić information content (AvgIpc) is 2.79. The van der Waals surface area contributed by atoms with Gasteiger partial charge in [0.05, 0.1) is 5.69 Å². The Kier molecular flexibility index (Phi) is 4.66.